The van der Waals surface area contributed by atoms with Crippen LogP contribution in [0.1, 0.15) is 51.1 Å². The van der Waals surface area contributed by atoms with E-state index in [1.54, 1.807) is 6.92 Å². The van der Waals surface area contributed by atoms with Gasteiger partial charge in [0.2, 0.25) is 5.91 Å². The molecule has 2 fully saturated rings. The molecule has 144 valence electrons. The molecule has 1 amide bonds. The van der Waals surface area contributed by atoms with Gasteiger partial charge in [-0.2, -0.15) is 0 Å². The number of hydrogen-bond donors (Lipinski definition) is 1. The maximum Gasteiger partial charge on any atom is 0.228 e. The minimum absolute atomic E-state index is 0.0940. The van der Waals surface area contributed by atoms with Crippen LogP contribution in [0.25, 0.3) is 0 Å². The molecule has 1 saturated carbocycles. The van der Waals surface area contributed by atoms with Crippen molar-refractivity contribution in [3.8, 4) is 0 Å². The van der Waals surface area contributed by atoms with Gasteiger partial charge < -0.3 is 5.32 Å². The standard InChI is InChI=1S/C18H22Cl2FNO3S/c1-17(7-3-4-8-17)15(13-12(21)6-5-11(19)14(13)20)22-16(23)18(2)9-26(24,25)10-18/h5-6,15H,3-4,7-10H2,1-2H3,(H,22,23)/t15-/m1/s1. The molecule has 8 heteroatoms. The third-order valence-electron chi connectivity index (χ3n) is 5.71. The van der Waals surface area contributed by atoms with Gasteiger partial charge in [0.25, 0.3) is 0 Å². The molecule has 26 heavy (non-hydrogen) atoms. The lowest BCUT2D eigenvalue weighted by molar-refractivity contribution is -0.130. The Morgan fingerprint density at radius 3 is 2.31 bits per heavy atom. The summed E-state index contributed by atoms with van der Waals surface area (Å²) in [6.45, 7) is 3.62. The van der Waals surface area contributed by atoms with Gasteiger partial charge in [0.1, 0.15) is 5.82 Å². The van der Waals surface area contributed by atoms with Gasteiger partial charge in [0.15, 0.2) is 9.84 Å². The number of hydrogen-bond acceptors (Lipinski definition) is 3. The van der Waals surface area contributed by atoms with Crippen molar-refractivity contribution >= 4 is 38.9 Å². The molecule has 2 aliphatic rings. The Hall–Kier alpha value is -0.850. The molecule has 4 nitrogen and oxygen atoms in total. The number of rotatable bonds is 4. The van der Waals surface area contributed by atoms with Gasteiger partial charge in [-0.15, -0.1) is 0 Å². The van der Waals surface area contributed by atoms with Crippen LogP contribution in [0.15, 0.2) is 12.1 Å². The molecule has 1 aromatic carbocycles. The molecule has 0 unspecified atom stereocenters. The van der Waals surface area contributed by atoms with Crippen molar-refractivity contribution in [2.45, 2.75) is 45.6 Å². The second-order valence-electron chi connectivity index (χ2n) is 8.12. The first kappa shape index (κ1) is 19.9. The van der Waals surface area contributed by atoms with Gasteiger partial charge in [-0.25, -0.2) is 12.8 Å². The third-order valence-corrected chi connectivity index (χ3v) is 8.68. The number of sulfone groups is 1. The van der Waals surface area contributed by atoms with E-state index >= 15 is 0 Å². The zero-order chi connectivity index (χ0) is 19.3. The Morgan fingerprint density at radius 2 is 1.77 bits per heavy atom. The maximum absolute atomic E-state index is 14.7. The predicted octanol–water partition coefficient (Wildman–Crippen LogP) is 4.30. The Kier molecular flexibility index (Phi) is 5.08. The van der Waals surface area contributed by atoms with E-state index in [9.17, 15) is 17.6 Å². The first-order valence-electron chi connectivity index (χ1n) is 8.62. The monoisotopic (exact) mass is 421 g/mol. The quantitative estimate of drug-likeness (QED) is 0.736. The summed E-state index contributed by atoms with van der Waals surface area (Å²) in [5, 5.41) is 3.24. The molecule has 1 aliphatic heterocycles. The summed E-state index contributed by atoms with van der Waals surface area (Å²) in [6.07, 6.45) is 3.59. The summed E-state index contributed by atoms with van der Waals surface area (Å²) in [4.78, 5) is 12.9. The predicted molar refractivity (Wildman–Crippen MR) is 101 cm³/mol. The van der Waals surface area contributed by atoms with E-state index in [0.717, 1.165) is 25.7 Å². The molecule has 3 rings (SSSR count). The minimum atomic E-state index is -3.17. The Labute approximate surface area is 163 Å². The van der Waals surface area contributed by atoms with Gasteiger partial charge in [-0.3, -0.25) is 4.79 Å². The molecule has 1 N–H and O–H groups in total. The fourth-order valence-corrected chi connectivity index (χ4v) is 6.78. The zero-order valence-corrected chi connectivity index (χ0v) is 17.1. The molecule has 1 saturated heterocycles. The fraction of sp³-hybridized carbons (Fsp3) is 0.611. The van der Waals surface area contributed by atoms with Crippen molar-refractivity contribution in [2.75, 3.05) is 11.5 Å². The van der Waals surface area contributed by atoms with Crippen molar-refractivity contribution in [2.24, 2.45) is 10.8 Å². The Bertz CT molecular complexity index is 838. The van der Waals surface area contributed by atoms with Crippen LogP contribution in [0.3, 0.4) is 0 Å². The number of halogens is 3. The second kappa shape index (κ2) is 6.64. The highest BCUT2D eigenvalue weighted by molar-refractivity contribution is 7.93. The number of carbonyl (C=O) groups is 1. The van der Waals surface area contributed by atoms with Crippen LogP contribution in [-0.2, 0) is 14.6 Å². The molecule has 0 radical (unpaired) electrons. The first-order chi connectivity index (χ1) is 12.0. The van der Waals surface area contributed by atoms with Crippen LogP contribution >= 0.6 is 23.2 Å². The lowest BCUT2D eigenvalue weighted by Gasteiger charge is -2.41. The average molecular weight is 422 g/mol. The summed E-state index contributed by atoms with van der Waals surface area (Å²) in [7, 11) is -3.17. The minimum Gasteiger partial charge on any atom is -0.348 e. The lowest BCUT2D eigenvalue weighted by Crippen LogP contribution is -2.57. The molecule has 0 bridgehead atoms. The van der Waals surface area contributed by atoms with E-state index in [2.05, 4.69) is 5.32 Å². The number of amides is 1. The summed E-state index contributed by atoms with van der Waals surface area (Å²) in [6, 6.07) is 1.97. The summed E-state index contributed by atoms with van der Waals surface area (Å²) >= 11 is 12.4. The molecular weight excluding hydrogens is 400 g/mol. The molecular formula is C18H22Cl2FNO3S. The molecule has 1 aliphatic carbocycles. The van der Waals surface area contributed by atoms with Crippen molar-refractivity contribution in [3.05, 3.63) is 33.6 Å². The summed E-state index contributed by atoms with van der Waals surface area (Å²) in [5.41, 5.74) is -1.18. The van der Waals surface area contributed by atoms with Crippen molar-refractivity contribution in [1.29, 1.82) is 0 Å². The molecule has 0 aromatic heterocycles. The van der Waals surface area contributed by atoms with E-state index in [4.69, 9.17) is 23.2 Å². The molecule has 1 heterocycles. The van der Waals surface area contributed by atoms with E-state index in [0.29, 0.717) is 0 Å². The zero-order valence-electron chi connectivity index (χ0n) is 14.7. The number of carbonyl (C=O) groups excluding carboxylic acids is 1. The van der Waals surface area contributed by atoms with Crippen molar-refractivity contribution < 1.29 is 17.6 Å². The van der Waals surface area contributed by atoms with E-state index in [1.165, 1.54) is 12.1 Å². The largest absolute Gasteiger partial charge is 0.348 e. The highest BCUT2D eigenvalue weighted by atomic mass is 35.5. The number of benzene rings is 1. The highest BCUT2D eigenvalue weighted by Gasteiger charge is 2.52. The van der Waals surface area contributed by atoms with Gasteiger partial charge in [0.05, 0.1) is 33.0 Å². The van der Waals surface area contributed by atoms with Crippen molar-refractivity contribution in [1.82, 2.24) is 5.32 Å². The van der Waals surface area contributed by atoms with E-state index in [1.807, 2.05) is 6.92 Å². The van der Waals surface area contributed by atoms with Gasteiger partial charge >= 0.3 is 0 Å². The van der Waals surface area contributed by atoms with Crippen LogP contribution in [-0.4, -0.2) is 25.8 Å². The van der Waals surface area contributed by atoms with E-state index < -0.39 is 27.1 Å². The Balaban J connectivity index is 1.98. The smallest absolute Gasteiger partial charge is 0.228 e. The van der Waals surface area contributed by atoms with Crippen LogP contribution < -0.4 is 5.32 Å². The van der Waals surface area contributed by atoms with Gasteiger partial charge in [-0.05, 0) is 37.3 Å². The molecule has 0 spiro atoms. The summed E-state index contributed by atoms with van der Waals surface area (Å²) in [5.74, 6) is -1.30. The van der Waals surface area contributed by atoms with Crippen molar-refractivity contribution in [3.63, 3.8) is 0 Å². The Morgan fingerprint density at radius 1 is 1.19 bits per heavy atom. The van der Waals surface area contributed by atoms with E-state index in [-0.39, 0.29) is 38.4 Å². The third kappa shape index (κ3) is 3.48. The molecule has 1 atom stereocenters. The topological polar surface area (TPSA) is 63.2 Å². The van der Waals surface area contributed by atoms with Crippen LogP contribution in [0.4, 0.5) is 4.39 Å². The van der Waals surface area contributed by atoms with Crippen LogP contribution in [0.5, 0.6) is 0 Å². The molecule has 1 aromatic rings. The van der Waals surface area contributed by atoms with Gasteiger partial charge in [-0.1, -0.05) is 43.0 Å². The van der Waals surface area contributed by atoms with Crippen LogP contribution in [0.2, 0.25) is 10.0 Å². The maximum atomic E-state index is 14.7. The average Bonchev–Trinajstić information content (AvgIpc) is 2.96. The highest BCUT2D eigenvalue weighted by Crippen LogP contribution is 2.50. The SMILES string of the molecule is CC1(C(=O)N[C@H](c2c(F)ccc(Cl)c2Cl)C2(C)CCCC2)CS(=O)(=O)C1. The fourth-order valence-electron chi connectivity index (χ4n) is 4.24. The lowest BCUT2D eigenvalue weighted by atomic mass is 9.76. The second-order valence-corrected chi connectivity index (χ2v) is 11.0. The number of nitrogens with one attached hydrogen (secondary N) is 1. The normalized spacial score (nSPS) is 23.9. The van der Waals surface area contributed by atoms with Gasteiger partial charge in [0, 0.05) is 5.56 Å². The van der Waals surface area contributed by atoms with Crippen LogP contribution in [0, 0.1) is 16.6 Å². The first-order valence-corrected chi connectivity index (χ1v) is 11.2. The summed E-state index contributed by atoms with van der Waals surface area (Å²) < 4.78 is 37.8.